The van der Waals surface area contributed by atoms with Gasteiger partial charge >= 0.3 is 5.97 Å². The summed E-state index contributed by atoms with van der Waals surface area (Å²) in [4.78, 5) is 25.1. The van der Waals surface area contributed by atoms with Crippen molar-refractivity contribution in [2.45, 2.75) is 103 Å². The van der Waals surface area contributed by atoms with E-state index in [1.807, 2.05) is 0 Å². The summed E-state index contributed by atoms with van der Waals surface area (Å²) in [6.45, 7) is 4.48. The number of aliphatic hydroxyl groups is 1. The number of Topliss-reactive ketones (excluding diaryl/α,β-unsaturated/α-hetero) is 1. The van der Waals surface area contributed by atoms with Crippen molar-refractivity contribution in [3.63, 3.8) is 0 Å². The number of aliphatic hydroxyl groups excluding tert-OH is 1. The molecule has 5 aliphatic carbocycles. The summed E-state index contributed by atoms with van der Waals surface area (Å²) in [5, 5.41) is 10.4. The average molecular weight is 429 g/mol. The number of fused-ring (bicyclic) bond motifs is 5. The van der Waals surface area contributed by atoms with E-state index in [2.05, 4.69) is 13.8 Å². The van der Waals surface area contributed by atoms with Gasteiger partial charge in [-0.2, -0.15) is 0 Å². The molecule has 4 fully saturated rings. The molecule has 0 spiro atoms. The van der Waals surface area contributed by atoms with Crippen LogP contribution in [0.4, 0.5) is 0 Å². The van der Waals surface area contributed by atoms with Gasteiger partial charge in [0.1, 0.15) is 6.10 Å². The van der Waals surface area contributed by atoms with Crippen LogP contribution in [0.15, 0.2) is 11.3 Å². The maximum absolute atomic E-state index is 13.1. The first kappa shape index (κ1) is 21.5. The molecule has 0 aromatic rings. The molecule has 5 rings (SSSR count). The van der Waals surface area contributed by atoms with Crippen LogP contribution in [0, 0.1) is 40.9 Å². The molecule has 0 saturated heterocycles. The number of esters is 1. The zero-order valence-electron chi connectivity index (χ0n) is 19.4. The van der Waals surface area contributed by atoms with Crippen molar-refractivity contribution in [1.29, 1.82) is 0 Å². The van der Waals surface area contributed by atoms with Crippen molar-refractivity contribution in [2.24, 2.45) is 40.9 Å². The van der Waals surface area contributed by atoms with Crippen LogP contribution in [0.5, 0.6) is 0 Å². The van der Waals surface area contributed by atoms with Crippen molar-refractivity contribution >= 4 is 11.8 Å². The normalized spacial score (nSPS) is 41.9. The number of carbonyl (C=O) groups is 2. The number of hydrogen-bond donors (Lipinski definition) is 1. The number of hydrogen-bond acceptors (Lipinski definition) is 4. The number of carbonyl (C=O) groups excluding carboxylic acids is 2. The van der Waals surface area contributed by atoms with E-state index in [0.29, 0.717) is 36.0 Å². The second-order valence-corrected chi connectivity index (χ2v) is 11.6. The number of ketones is 1. The van der Waals surface area contributed by atoms with Gasteiger partial charge in [0.2, 0.25) is 0 Å². The monoisotopic (exact) mass is 428 g/mol. The lowest BCUT2D eigenvalue weighted by Crippen LogP contribution is -2.49. The fourth-order valence-corrected chi connectivity index (χ4v) is 8.48. The lowest BCUT2D eigenvalue weighted by Gasteiger charge is -2.53. The van der Waals surface area contributed by atoms with Gasteiger partial charge in [0.25, 0.3) is 0 Å². The molecule has 0 heterocycles. The summed E-state index contributed by atoms with van der Waals surface area (Å²) in [6, 6.07) is 0. The summed E-state index contributed by atoms with van der Waals surface area (Å²) in [6.07, 6.45) is 14.0. The molecule has 4 heteroatoms. The van der Waals surface area contributed by atoms with Gasteiger partial charge in [-0.25, -0.2) is 0 Å². The SMILES string of the molecule is CC(C(=O)O[C@H]1CC[C@H]2[C@@H]3CCC4=C(O)C(=O)CC[C@@H]4[C@H]3CC[C@]12C)C1CCCCC1. The van der Waals surface area contributed by atoms with Crippen LogP contribution in [0.25, 0.3) is 0 Å². The molecule has 172 valence electrons. The van der Waals surface area contributed by atoms with E-state index in [1.165, 1.54) is 32.1 Å². The average Bonchev–Trinajstić information content (AvgIpc) is 3.12. The van der Waals surface area contributed by atoms with Crippen molar-refractivity contribution in [3.05, 3.63) is 11.3 Å². The maximum Gasteiger partial charge on any atom is 0.309 e. The third-order valence-corrected chi connectivity index (χ3v) is 10.4. The molecule has 0 aromatic carbocycles. The summed E-state index contributed by atoms with van der Waals surface area (Å²) in [5.74, 6) is 2.87. The third kappa shape index (κ3) is 3.56. The van der Waals surface area contributed by atoms with Gasteiger partial charge in [-0.15, -0.1) is 0 Å². The Bertz CT molecular complexity index is 763. The molecule has 4 nitrogen and oxygen atoms in total. The van der Waals surface area contributed by atoms with Crippen LogP contribution in [0.3, 0.4) is 0 Å². The largest absolute Gasteiger partial charge is 0.504 e. The molecule has 0 amide bonds. The highest BCUT2D eigenvalue weighted by molar-refractivity contribution is 5.94. The summed E-state index contributed by atoms with van der Waals surface area (Å²) in [5.41, 5.74) is 1.15. The number of rotatable bonds is 3. The smallest absolute Gasteiger partial charge is 0.309 e. The van der Waals surface area contributed by atoms with Crippen molar-refractivity contribution in [3.8, 4) is 0 Å². The maximum atomic E-state index is 13.1. The van der Waals surface area contributed by atoms with E-state index in [-0.39, 0.29) is 34.9 Å². The van der Waals surface area contributed by atoms with Crippen LogP contribution in [0.1, 0.15) is 97.3 Å². The van der Waals surface area contributed by atoms with Gasteiger partial charge in [0, 0.05) is 11.8 Å². The van der Waals surface area contributed by atoms with Crippen LogP contribution in [-0.2, 0) is 14.3 Å². The fourth-order valence-electron chi connectivity index (χ4n) is 8.48. The first-order valence-electron chi connectivity index (χ1n) is 13.1. The lowest BCUT2D eigenvalue weighted by atomic mass is 9.52. The highest BCUT2D eigenvalue weighted by Crippen LogP contribution is 2.62. The zero-order chi connectivity index (χ0) is 21.8. The standard InChI is InChI=1S/C27H40O4/c1-16(17-6-4-3-5-7-17)26(30)31-24-13-11-22-20-8-9-21-18(10-12-23(28)25(21)29)19(20)14-15-27(22,24)2/h16-20,22,24,29H,3-15H2,1-2H3/t16?,18-,19-,20-,22+,24+,27+/m1/s1. The third-order valence-electron chi connectivity index (χ3n) is 10.4. The molecule has 1 unspecified atom stereocenters. The minimum Gasteiger partial charge on any atom is -0.504 e. The van der Waals surface area contributed by atoms with E-state index < -0.39 is 0 Å². The Morgan fingerprint density at radius 2 is 1.77 bits per heavy atom. The molecule has 31 heavy (non-hydrogen) atoms. The number of ether oxygens (including phenoxy) is 1. The Morgan fingerprint density at radius 3 is 2.55 bits per heavy atom. The molecule has 5 aliphatic rings. The molecule has 0 bridgehead atoms. The predicted molar refractivity (Wildman–Crippen MR) is 119 cm³/mol. The molecular formula is C27H40O4. The van der Waals surface area contributed by atoms with Crippen LogP contribution in [-0.4, -0.2) is 23.0 Å². The van der Waals surface area contributed by atoms with E-state index in [4.69, 9.17) is 4.74 Å². The van der Waals surface area contributed by atoms with Gasteiger partial charge in [0.05, 0.1) is 5.92 Å². The Hall–Kier alpha value is -1.32. The second-order valence-electron chi connectivity index (χ2n) is 11.6. The Labute approximate surface area is 187 Å². The molecular weight excluding hydrogens is 388 g/mol. The van der Waals surface area contributed by atoms with E-state index in [0.717, 1.165) is 50.5 Å². The fraction of sp³-hybridized carbons (Fsp3) is 0.852. The Kier molecular flexibility index (Phi) is 5.71. The van der Waals surface area contributed by atoms with E-state index in [1.54, 1.807) is 0 Å². The molecule has 4 saturated carbocycles. The number of allylic oxidation sites excluding steroid dienone is 1. The zero-order valence-corrected chi connectivity index (χ0v) is 19.4. The first-order chi connectivity index (χ1) is 14.9. The summed E-state index contributed by atoms with van der Waals surface area (Å²) < 4.78 is 6.28. The van der Waals surface area contributed by atoms with Crippen molar-refractivity contribution in [1.82, 2.24) is 0 Å². The molecule has 7 atom stereocenters. The lowest BCUT2D eigenvalue weighted by molar-refractivity contribution is -0.165. The van der Waals surface area contributed by atoms with Crippen LogP contribution < -0.4 is 0 Å². The summed E-state index contributed by atoms with van der Waals surface area (Å²) >= 11 is 0. The highest BCUT2D eigenvalue weighted by atomic mass is 16.5. The molecule has 0 radical (unpaired) electrons. The molecule has 0 aromatic heterocycles. The minimum absolute atomic E-state index is 0.0319. The van der Waals surface area contributed by atoms with Crippen molar-refractivity contribution < 1.29 is 19.4 Å². The van der Waals surface area contributed by atoms with Crippen molar-refractivity contribution in [2.75, 3.05) is 0 Å². The topological polar surface area (TPSA) is 63.6 Å². The summed E-state index contributed by atoms with van der Waals surface area (Å²) in [7, 11) is 0. The molecule has 1 N–H and O–H groups in total. The molecule has 0 aliphatic heterocycles. The van der Waals surface area contributed by atoms with Crippen LogP contribution >= 0.6 is 0 Å². The Balaban J connectivity index is 1.28. The van der Waals surface area contributed by atoms with Gasteiger partial charge in [-0.05, 0) is 93.0 Å². The van der Waals surface area contributed by atoms with Gasteiger partial charge in [-0.1, -0.05) is 33.1 Å². The first-order valence-corrected chi connectivity index (χ1v) is 13.1. The van der Waals surface area contributed by atoms with Gasteiger partial charge in [-0.3, -0.25) is 9.59 Å². The minimum atomic E-state index is -0.0507. The Morgan fingerprint density at radius 1 is 1.00 bits per heavy atom. The second kappa shape index (κ2) is 8.23. The highest BCUT2D eigenvalue weighted by Gasteiger charge is 2.58. The van der Waals surface area contributed by atoms with E-state index >= 15 is 0 Å². The van der Waals surface area contributed by atoms with E-state index in [9.17, 15) is 14.7 Å². The quantitative estimate of drug-likeness (QED) is 0.548. The van der Waals surface area contributed by atoms with Gasteiger partial charge in [0.15, 0.2) is 11.5 Å². The predicted octanol–water partition coefficient (Wildman–Crippen LogP) is 6.14. The van der Waals surface area contributed by atoms with Gasteiger partial charge < -0.3 is 9.84 Å². The van der Waals surface area contributed by atoms with Crippen LogP contribution in [0.2, 0.25) is 0 Å².